The van der Waals surface area contributed by atoms with E-state index in [1.165, 1.54) is 44.9 Å². The number of carbonyl (C=O) groups excluding carboxylic acids is 1. The third-order valence-electron chi connectivity index (χ3n) is 5.07. The smallest absolute Gasteiger partial charge is 0.219 e. The molecular formula is C17H34N2O. The summed E-state index contributed by atoms with van der Waals surface area (Å²) in [6.07, 6.45) is 9.30. The molecule has 0 bridgehead atoms. The molecule has 1 aliphatic heterocycles. The van der Waals surface area contributed by atoms with Crippen LogP contribution in [0.2, 0.25) is 0 Å². The van der Waals surface area contributed by atoms with Gasteiger partial charge in [0.15, 0.2) is 0 Å². The zero-order valence-corrected chi connectivity index (χ0v) is 14.1. The van der Waals surface area contributed by atoms with Crippen LogP contribution in [0.5, 0.6) is 0 Å². The average Bonchev–Trinajstić information content (AvgIpc) is 2.47. The van der Waals surface area contributed by atoms with Gasteiger partial charge < -0.3 is 4.90 Å². The molecule has 3 heteroatoms. The molecule has 20 heavy (non-hydrogen) atoms. The summed E-state index contributed by atoms with van der Waals surface area (Å²) < 4.78 is 0. The predicted molar refractivity (Wildman–Crippen MR) is 85.9 cm³/mol. The number of rotatable bonds is 8. The second kappa shape index (κ2) is 8.66. The molecule has 0 radical (unpaired) electrons. The van der Waals surface area contributed by atoms with Crippen LogP contribution in [0.1, 0.15) is 72.6 Å². The van der Waals surface area contributed by atoms with E-state index in [0.717, 1.165) is 26.2 Å². The number of nitrogens with zero attached hydrogens (tertiary/aromatic N) is 2. The topological polar surface area (TPSA) is 23.6 Å². The van der Waals surface area contributed by atoms with Crippen molar-refractivity contribution in [2.45, 2.75) is 78.2 Å². The lowest BCUT2D eigenvalue weighted by atomic mass is 9.88. The van der Waals surface area contributed by atoms with E-state index in [0.29, 0.717) is 5.54 Å². The van der Waals surface area contributed by atoms with Gasteiger partial charge in [-0.15, -0.1) is 0 Å². The highest BCUT2D eigenvalue weighted by Gasteiger charge is 2.32. The second-order valence-corrected chi connectivity index (χ2v) is 6.51. The Labute approximate surface area is 125 Å². The van der Waals surface area contributed by atoms with Crippen LogP contribution in [0, 0.1) is 0 Å². The maximum Gasteiger partial charge on any atom is 0.219 e. The third kappa shape index (κ3) is 5.08. The van der Waals surface area contributed by atoms with Gasteiger partial charge in [0.05, 0.1) is 0 Å². The van der Waals surface area contributed by atoms with Gasteiger partial charge in [-0.05, 0) is 19.8 Å². The van der Waals surface area contributed by atoms with Crippen LogP contribution in [0.25, 0.3) is 0 Å². The van der Waals surface area contributed by atoms with Gasteiger partial charge in [0.25, 0.3) is 0 Å². The van der Waals surface area contributed by atoms with Crippen molar-refractivity contribution in [1.29, 1.82) is 0 Å². The molecule has 0 aromatic rings. The Morgan fingerprint density at radius 2 is 1.60 bits per heavy atom. The summed E-state index contributed by atoms with van der Waals surface area (Å²) in [4.78, 5) is 16.0. The van der Waals surface area contributed by atoms with Crippen molar-refractivity contribution in [3.05, 3.63) is 0 Å². The van der Waals surface area contributed by atoms with Crippen molar-refractivity contribution in [3.63, 3.8) is 0 Å². The van der Waals surface area contributed by atoms with Gasteiger partial charge in [-0.3, -0.25) is 9.69 Å². The Bertz CT molecular complexity index is 285. The molecule has 0 aliphatic carbocycles. The van der Waals surface area contributed by atoms with E-state index < -0.39 is 0 Å². The molecule has 0 aromatic heterocycles. The number of hydrogen-bond donors (Lipinski definition) is 0. The van der Waals surface area contributed by atoms with Gasteiger partial charge in [0.2, 0.25) is 5.91 Å². The first-order valence-corrected chi connectivity index (χ1v) is 8.54. The van der Waals surface area contributed by atoms with Crippen molar-refractivity contribution in [2.75, 3.05) is 26.2 Å². The zero-order valence-electron chi connectivity index (χ0n) is 14.1. The number of amides is 1. The van der Waals surface area contributed by atoms with E-state index in [4.69, 9.17) is 0 Å². The number of carbonyl (C=O) groups is 1. The lowest BCUT2D eigenvalue weighted by Crippen LogP contribution is -2.56. The number of hydrogen-bond acceptors (Lipinski definition) is 2. The largest absolute Gasteiger partial charge is 0.340 e. The van der Waals surface area contributed by atoms with Gasteiger partial charge in [-0.1, -0.05) is 46.0 Å². The summed E-state index contributed by atoms with van der Waals surface area (Å²) in [7, 11) is 0. The molecule has 1 rings (SSSR count). The highest BCUT2D eigenvalue weighted by Crippen LogP contribution is 2.27. The molecule has 3 nitrogen and oxygen atoms in total. The Balaban J connectivity index is 2.38. The van der Waals surface area contributed by atoms with E-state index in [2.05, 4.69) is 25.7 Å². The van der Waals surface area contributed by atoms with E-state index in [-0.39, 0.29) is 5.91 Å². The first-order chi connectivity index (χ1) is 9.53. The molecule has 0 saturated carbocycles. The van der Waals surface area contributed by atoms with Crippen molar-refractivity contribution < 1.29 is 4.79 Å². The molecular weight excluding hydrogens is 248 g/mol. The maximum atomic E-state index is 11.4. The van der Waals surface area contributed by atoms with Crippen molar-refractivity contribution in [2.24, 2.45) is 0 Å². The van der Waals surface area contributed by atoms with Crippen LogP contribution in [0.4, 0.5) is 0 Å². The molecule has 1 aliphatic rings. The van der Waals surface area contributed by atoms with Crippen LogP contribution >= 0.6 is 0 Å². The van der Waals surface area contributed by atoms with Crippen molar-refractivity contribution >= 4 is 5.91 Å². The van der Waals surface area contributed by atoms with E-state index in [1.807, 2.05) is 4.90 Å². The van der Waals surface area contributed by atoms with E-state index >= 15 is 0 Å². The van der Waals surface area contributed by atoms with Crippen molar-refractivity contribution in [3.8, 4) is 0 Å². The summed E-state index contributed by atoms with van der Waals surface area (Å²) in [5.41, 5.74) is 0.328. The molecule has 0 N–H and O–H groups in total. The minimum absolute atomic E-state index is 0.224. The Morgan fingerprint density at radius 1 is 1.00 bits per heavy atom. The van der Waals surface area contributed by atoms with Gasteiger partial charge in [0.1, 0.15) is 0 Å². The summed E-state index contributed by atoms with van der Waals surface area (Å²) in [5.74, 6) is 0.224. The average molecular weight is 282 g/mol. The summed E-state index contributed by atoms with van der Waals surface area (Å²) in [6.45, 7) is 12.6. The highest BCUT2D eigenvalue weighted by atomic mass is 16.2. The first-order valence-electron chi connectivity index (χ1n) is 8.54. The lowest BCUT2D eigenvalue weighted by Gasteiger charge is -2.46. The fourth-order valence-electron chi connectivity index (χ4n) is 3.23. The van der Waals surface area contributed by atoms with Gasteiger partial charge in [-0.2, -0.15) is 0 Å². The van der Waals surface area contributed by atoms with Crippen LogP contribution in [0.15, 0.2) is 0 Å². The molecule has 1 saturated heterocycles. The minimum atomic E-state index is 0.224. The number of piperazine rings is 1. The van der Waals surface area contributed by atoms with E-state index in [1.54, 1.807) is 6.92 Å². The molecule has 0 spiro atoms. The molecule has 118 valence electrons. The van der Waals surface area contributed by atoms with Crippen molar-refractivity contribution in [1.82, 2.24) is 9.80 Å². The Kier molecular flexibility index (Phi) is 7.57. The SMILES string of the molecule is CCCCCCCC(C)(CC)N1CCN(C(C)=O)CC1. The van der Waals surface area contributed by atoms with Crippen LogP contribution in [0.3, 0.4) is 0 Å². The molecule has 1 heterocycles. The van der Waals surface area contributed by atoms with Crippen LogP contribution in [-0.4, -0.2) is 47.4 Å². The monoisotopic (exact) mass is 282 g/mol. The molecule has 0 aromatic carbocycles. The quantitative estimate of drug-likeness (QED) is 0.634. The maximum absolute atomic E-state index is 11.4. The van der Waals surface area contributed by atoms with Gasteiger partial charge >= 0.3 is 0 Å². The predicted octanol–water partition coefficient (Wildman–Crippen LogP) is 3.68. The molecule has 1 unspecified atom stereocenters. The summed E-state index contributed by atoms with van der Waals surface area (Å²) >= 11 is 0. The normalized spacial score (nSPS) is 19.9. The van der Waals surface area contributed by atoms with Crippen LogP contribution in [-0.2, 0) is 4.79 Å². The van der Waals surface area contributed by atoms with E-state index in [9.17, 15) is 4.79 Å². The second-order valence-electron chi connectivity index (χ2n) is 6.51. The number of unbranched alkanes of at least 4 members (excludes halogenated alkanes) is 4. The summed E-state index contributed by atoms with van der Waals surface area (Å²) in [6, 6.07) is 0. The fraction of sp³-hybridized carbons (Fsp3) is 0.941. The summed E-state index contributed by atoms with van der Waals surface area (Å²) in [5, 5.41) is 0. The minimum Gasteiger partial charge on any atom is -0.340 e. The molecule has 1 amide bonds. The molecule has 1 atom stereocenters. The Hall–Kier alpha value is -0.570. The van der Waals surface area contributed by atoms with Gasteiger partial charge in [-0.25, -0.2) is 0 Å². The lowest BCUT2D eigenvalue weighted by molar-refractivity contribution is -0.131. The standard InChI is InChI=1S/C17H34N2O/c1-5-7-8-9-10-11-17(4,6-2)19-14-12-18(13-15-19)16(3)20/h5-15H2,1-4H3. The highest BCUT2D eigenvalue weighted by molar-refractivity contribution is 5.73. The fourth-order valence-corrected chi connectivity index (χ4v) is 3.23. The van der Waals surface area contributed by atoms with Crippen LogP contribution < -0.4 is 0 Å². The zero-order chi connectivity index (χ0) is 15.0. The molecule has 1 fully saturated rings. The Morgan fingerprint density at radius 3 is 2.10 bits per heavy atom. The third-order valence-corrected chi connectivity index (χ3v) is 5.07. The first kappa shape index (κ1) is 17.5. The van der Waals surface area contributed by atoms with Gasteiger partial charge in [0, 0.05) is 38.6 Å².